The Kier molecular flexibility index (Phi) is 7.39. The van der Waals surface area contributed by atoms with Crippen molar-refractivity contribution in [2.75, 3.05) is 27.7 Å². The van der Waals surface area contributed by atoms with E-state index in [1.165, 1.54) is 40.9 Å². The van der Waals surface area contributed by atoms with Gasteiger partial charge in [-0.25, -0.2) is 4.79 Å². The maximum atomic E-state index is 13.2. The van der Waals surface area contributed by atoms with E-state index in [0.717, 1.165) is 0 Å². The van der Waals surface area contributed by atoms with Crippen molar-refractivity contribution in [2.24, 2.45) is 5.73 Å². The molecule has 1 aromatic rings. The van der Waals surface area contributed by atoms with Gasteiger partial charge in [0, 0.05) is 4.75 Å². The molecule has 0 spiro atoms. The largest absolute Gasteiger partial charge is 0.508 e. The number of rotatable bonds is 9. The number of phenols is 1. The summed E-state index contributed by atoms with van der Waals surface area (Å²) in [4.78, 5) is 51.6. The third-order valence-electron chi connectivity index (χ3n) is 5.93. The molecule has 3 rings (SSSR count). The minimum Gasteiger partial charge on any atom is -0.508 e. The average Bonchev–Trinajstić information content (AvgIpc) is 2.98. The molecule has 11 nitrogen and oxygen atoms in total. The maximum Gasteiger partial charge on any atom is 0.330 e. The van der Waals surface area contributed by atoms with Crippen molar-refractivity contribution in [1.29, 1.82) is 0 Å². The number of hydrogen-bond donors (Lipinski definition) is 4. The van der Waals surface area contributed by atoms with Gasteiger partial charge in [-0.15, -0.1) is 11.8 Å². The van der Waals surface area contributed by atoms with Crippen molar-refractivity contribution in [3.8, 4) is 5.75 Å². The number of thioether (sulfide) groups is 1. The summed E-state index contributed by atoms with van der Waals surface area (Å²) in [6, 6.07) is 3.07. The second-order valence-corrected chi connectivity index (χ2v) is 12.2. The Labute approximate surface area is 208 Å². The molecule has 5 N–H and O–H groups in total. The molecule has 12 heteroatoms. The van der Waals surface area contributed by atoms with Crippen molar-refractivity contribution in [3.63, 3.8) is 0 Å². The van der Waals surface area contributed by atoms with Crippen LogP contribution in [0.4, 0.5) is 0 Å². The van der Waals surface area contributed by atoms with Gasteiger partial charge in [-0.2, -0.15) is 0 Å². The van der Waals surface area contributed by atoms with Crippen LogP contribution in [0, 0.1) is 0 Å². The van der Waals surface area contributed by atoms with Crippen LogP contribution in [0.1, 0.15) is 31.9 Å². The van der Waals surface area contributed by atoms with E-state index in [2.05, 4.69) is 5.32 Å². The average molecular weight is 510 g/mol. The highest BCUT2D eigenvalue weighted by Crippen LogP contribution is 2.51. The molecule has 2 aliphatic rings. The Morgan fingerprint density at radius 3 is 2.37 bits per heavy atom. The summed E-state index contributed by atoms with van der Waals surface area (Å²) in [6.07, 6.45) is -1.19. The van der Waals surface area contributed by atoms with Crippen molar-refractivity contribution >= 4 is 35.5 Å². The molecule has 0 aliphatic carbocycles. The van der Waals surface area contributed by atoms with Crippen LogP contribution in [0.25, 0.3) is 0 Å². The molecular formula is C23H33N4O7S+. The molecule has 2 aliphatic heterocycles. The van der Waals surface area contributed by atoms with E-state index in [-0.39, 0.29) is 12.2 Å². The second kappa shape index (κ2) is 9.67. The molecule has 1 unspecified atom stereocenters. The van der Waals surface area contributed by atoms with Crippen LogP contribution in [0.2, 0.25) is 0 Å². The Morgan fingerprint density at radius 2 is 1.83 bits per heavy atom. The number of carboxylic acids is 1. The Bertz CT molecular complexity index is 1010. The molecule has 2 amide bonds. The molecule has 2 fully saturated rings. The molecule has 192 valence electrons. The van der Waals surface area contributed by atoms with Gasteiger partial charge < -0.3 is 35.4 Å². The first-order chi connectivity index (χ1) is 16.1. The molecule has 35 heavy (non-hydrogen) atoms. The minimum absolute atomic E-state index is 0.0423. The molecule has 0 aromatic heterocycles. The summed E-state index contributed by atoms with van der Waals surface area (Å²) in [5, 5.41) is 20.8. The summed E-state index contributed by atoms with van der Waals surface area (Å²) in [6.45, 7) is 3.91. The predicted molar refractivity (Wildman–Crippen MR) is 128 cm³/mol. The Balaban J connectivity index is 1.70. The zero-order valence-corrected chi connectivity index (χ0v) is 21.2. The molecule has 0 saturated carbocycles. The Morgan fingerprint density at radius 1 is 1.23 bits per heavy atom. The number of fused-ring (bicyclic) bond motifs is 1. The zero-order chi connectivity index (χ0) is 26.3. The fraction of sp³-hybridized carbons (Fsp3) is 0.565. The number of nitrogens with two attached hydrogens (primary N) is 1. The predicted octanol–water partition coefficient (Wildman–Crippen LogP) is 0.0318. The molecular weight excluding hydrogens is 476 g/mol. The van der Waals surface area contributed by atoms with Crippen molar-refractivity contribution < 1.29 is 38.6 Å². The van der Waals surface area contributed by atoms with Crippen LogP contribution in [-0.2, 0) is 23.9 Å². The Hall–Kier alpha value is -2.83. The number of likely N-dealkylation sites (N-methyl/N-ethyl adjacent to an activating group) is 1. The number of amides is 2. The zero-order valence-electron chi connectivity index (χ0n) is 20.4. The van der Waals surface area contributed by atoms with E-state index in [4.69, 9.17) is 10.5 Å². The van der Waals surface area contributed by atoms with E-state index in [0.29, 0.717) is 16.6 Å². The number of quaternary nitrogens is 1. The van der Waals surface area contributed by atoms with Gasteiger partial charge in [-0.3, -0.25) is 14.4 Å². The van der Waals surface area contributed by atoms with E-state index >= 15 is 0 Å². The standard InChI is InChI=1S/C23H32N4O7S/c1-23(2)18(22(33)34-14(10-15(29)30)11-27(3,4)5)26-20(32)17(21(26)35-23)25-19(31)16(24)12-6-8-13(28)9-7-12/h6-9,14,16-18,21H,10-11,24H2,1-5H3,(H2-,25,28,29,30,31)/p+1/t14?,16-,17-,18+,21-/m1/s1. The van der Waals surface area contributed by atoms with Gasteiger partial charge >= 0.3 is 11.9 Å². The van der Waals surface area contributed by atoms with Crippen molar-refractivity contribution in [1.82, 2.24) is 10.2 Å². The van der Waals surface area contributed by atoms with Crippen LogP contribution in [-0.4, -0.2) is 99.3 Å². The lowest BCUT2D eigenvalue weighted by molar-refractivity contribution is -0.873. The molecule has 2 heterocycles. The number of esters is 1. The van der Waals surface area contributed by atoms with Gasteiger partial charge in [0.05, 0.1) is 27.6 Å². The van der Waals surface area contributed by atoms with E-state index in [9.17, 15) is 29.4 Å². The first-order valence-electron chi connectivity index (χ1n) is 11.2. The highest BCUT2D eigenvalue weighted by atomic mass is 32.2. The maximum absolute atomic E-state index is 13.2. The first kappa shape index (κ1) is 26.8. The van der Waals surface area contributed by atoms with Crippen LogP contribution in [0.5, 0.6) is 5.75 Å². The van der Waals surface area contributed by atoms with Crippen molar-refractivity contribution in [2.45, 2.75) is 54.6 Å². The van der Waals surface area contributed by atoms with E-state index in [1.54, 1.807) is 0 Å². The number of phenolic OH excluding ortho intramolecular Hbond substituents is 1. The number of aromatic hydroxyl groups is 1. The highest BCUT2D eigenvalue weighted by Gasteiger charge is 2.64. The smallest absolute Gasteiger partial charge is 0.330 e. The lowest BCUT2D eigenvalue weighted by Crippen LogP contribution is -2.71. The molecule has 0 radical (unpaired) electrons. The van der Waals surface area contributed by atoms with Gasteiger partial charge in [0.2, 0.25) is 11.8 Å². The fourth-order valence-corrected chi connectivity index (χ4v) is 6.00. The van der Waals surface area contributed by atoms with E-state index < -0.39 is 58.1 Å². The summed E-state index contributed by atoms with van der Waals surface area (Å²) in [7, 11) is 5.59. The number of nitrogens with zero attached hydrogens (tertiary/aromatic N) is 2. The normalized spacial score (nSPS) is 24.7. The highest BCUT2D eigenvalue weighted by molar-refractivity contribution is 8.01. The number of carbonyl (C=O) groups is 4. The molecule has 5 atom stereocenters. The van der Waals surface area contributed by atoms with Crippen LogP contribution in [0.3, 0.4) is 0 Å². The third kappa shape index (κ3) is 5.88. The molecule has 0 bridgehead atoms. The van der Waals surface area contributed by atoms with Crippen molar-refractivity contribution in [3.05, 3.63) is 29.8 Å². The van der Waals surface area contributed by atoms with Gasteiger partial charge in [0.15, 0.2) is 6.10 Å². The van der Waals surface area contributed by atoms with Gasteiger partial charge in [-0.1, -0.05) is 12.1 Å². The quantitative estimate of drug-likeness (QED) is 0.205. The number of ether oxygens (including phenoxy) is 1. The van der Waals surface area contributed by atoms with E-state index in [1.807, 2.05) is 35.0 Å². The number of carboxylic acid groups (broad SMARTS) is 1. The number of hydrogen-bond acceptors (Lipinski definition) is 8. The summed E-state index contributed by atoms with van der Waals surface area (Å²) in [5.74, 6) is -2.68. The lowest BCUT2D eigenvalue weighted by Gasteiger charge is -2.44. The first-order valence-corrected chi connectivity index (χ1v) is 12.1. The number of aliphatic carboxylic acids is 1. The number of benzene rings is 1. The summed E-state index contributed by atoms with van der Waals surface area (Å²) in [5.41, 5.74) is 6.50. The monoisotopic (exact) mass is 509 g/mol. The van der Waals surface area contributed by atoms with Gasteiger partial charge in [0.1, 0.15) is 35.8 Å². The third-order valence-corrected chi connectivity index (χ3v) is 7.50. The van der Waals surface area contributed by atoms with Crippen LogP contribution in [0.15, 0.2) is 24.3 Å². The summed E-state index contributed by atoms with van der Waals surface area (Å²) < 4.78 is 5.29. The number of nitrogens with one attached hydrogen (secondary N) is 1. The second-order valence-electron chi connectivity index (χ2n) is 10.4. The lowest BCUT2D eigenvalue weighted by atomic mass is 9.95. The van der Waals surface area contributed by atoms with Crippen LogP contribution < -0.4 is 11.1 Å². The number of carbonyl (C=O) groups excluding carboxylic acids is 3. The number of β-lactam (4-membered cyclic amide) rings is 1. The summed E-state index contributed by atoms with van der Waals surface area (Å²) >= 11 is 1.37. The molecule has 1 aromatic carbocycles. The van der Waals surface area contributed by atoms with Gasteiger partial charge in [-0.05, 0) is 31.5 Å². The van der Waals surface area contributed by atoms with Gasteiger partial charge in [0.25, 0.3) is 0 Å². The topological polar surface area (TPSA) is 159 Å². The minimum atomic E-state index is -1.08. The molecule has 2 saturated heterocycles. The SMILES string of the molecule is CC1(C)S[C@@H]2[C@H](NC(=O)[C@H](N)c3ccc(O)cc3)C(=O)N2[C@H]1C(=O)OC(CC(=O)O)C[N+](C)(C)C. The van der Waals surface area contributed by atoms with Crippen LogP contribution >= 0.6 is 11.8 Å². The fourth-order valence-electron chi connectivity index (χ4n) is 4.38.